The Labute approximate surface area is 105 Å². The predicted molar refractivity (Wildman–Crippen MR) is 63.9 cm³/mol. The summed E-state index contributed by atoms with van der Waals surface area (Å²) < 4.78 is 15.6. The zero-order valence-electron chi connectivity index (χ0n) is 10.6. The fraction of sp³-hybridized carbons (Fsp3) is 0.462. The van der Waals surface area contributed by atoms with Crippen molar-refractivity contribution in [2.24, 2.45) is 0 Å². The van der Waals surface area contributed by atoms with Crippen LogP contribution in [0.3, 0.4) is 0 Å². The van der Waals surface area contributed by atoms with Gasteiger partial charge in [0.15, 0.2) is 17.6 Å². The zero-order valence-corrected chi connectivity index (χ0v) is 10.6. The van der Waals surface area contributed by atoms with Gasteiger partial charge in [-0.05, 0) is 36.6 Å². The first kappa shape index (κ1) is 12.7. The topological polar surface area (TPSA) is 65.0 Å². The molecule has 18 heavy (non-hydrogen) atoms. The van der Waals surface area contributed by atoms with Gasteiger partial charge in [0.25, 0.3) is 0 Å². The second kappa shape index (κ2) is 4.86. The highest BCUT2D eigenvalue weighted by molar-refractivity contribution is 5.77. The molecule has 0 bridgehead atoms. The Morgan fingerprint density at radius 2 is 2.00 bits per heavy atom. The number of aliphatic hydroxyl groups is 1. The lowest BCUT2D eigenvalue weighted by Crippen LogP contribution is -2.19. The number of rotatable bonds is 2. The van der Waals surface area contributed by atoms with Gasteiger partial charge in [-0.2, -0.15) is 0 Å². The molecule has 0 spiro atoms. The fourth-order valence-electron chi connectivity index (χ4n) is 1.99. The Kier molecular flexibility index (Phi) is 3.43. The summed E-state index contributed by atoms with van der Waals surface area (Å²) >= 11 is 0. The van der Waals surface area contributed by atoms with E-state index in [1.807, 2.05) is 13.8 Å². The summed E-state index contributed by atoms with van der Waals surface area (Å²) in [5.74, 6) is 0.552. The average Bonchev–Trinajstić information content (AvgIpc) is 2.41. The maximum absolute atomic E-state index is 11.4. The van der Waals surface area contributed by atoms with E-state index in [2.05, 4.69) is 4.74 Å². The van der Waals surface area contributed by atoms with E-state index in [0.29, 0.717) is 30.3 Å². The van der Waals surface area contributed by atoms with Gasteiger partial charge in [0.2, 0.25) is 0 Å². The molecule has 2 rings (SSSR count). The van der Waals surface area contributed by atoms with Crippen LogP contribution in [0, 0.1) is 13.8 Å². The summed E-state index contributed by atoms with van der Waals surface area (Å²) in [4.78, 5) is 11.4. The Bertz CT molecular complexity index is 481. The first-order valence-electron chi connectivity index (χ1n) is 5.71. The highest BCUT2D eigenvalue weighted by Gasteiger charge is 2.25. The van der Waals surface area contributed by atoms with Crippen LogP contribution in [0.2, 0.25) is 0 Å². The molecule has 0 amide bonds. The molecular formula is C13H16O5. The molecule has 0 saturated carbocycles. The van der Waals surface area contributed by atoms with Crippen LogP contribution in [-0.4, -0.2) is 31.4 Å². The normalized spacial score (nSPS) is 15.1. The number of hydrogen-bond acceptors (Lipinski definition) is 5. The lowest BCUT2D eigenvalue weighted by Gasteiger charge is -2.24. The molecule has 98 valence electrons. The standard InChI is InChI=1S/C13H16O5/c1-7-8(2)12-10(17-4-5-18-12)6-9(7)11(14)13(15)16-3/h6,11,14H,4-5H2,1-3H3. The molecule has 0 aromatic heterocycles. The van der Waals surface area contributed by atoms with Crippen LogP contribution < -0.4 is 9.47 Å². The van der Waals surface area contributed by atoms with Gasteiger partial charge in [-0.25, -0.2) is 4.79 Å². The average molecular weight is 252 g/mol. The van der Waals surface area contributed by atoms with Crippen molar-refractivity contribution in [3.8, 4) is 11.5 Å². The van der Waals surface area contributed by atoms with E-state index in [-0.39, 0.29) is 0 Å². The molecule has 0 radical (unpaired) electrons. The van der Waals surface area contributed by atoms with Gasteiger partial charge in [-0.3, -0.25) is 0 Å². The number of ether oxygens (including phenoxy) is 3. The summed E-state index contributed by atoms with van der Waals surface area (Å²) in [7, 11) is 1.24. The monoisotopic (exact) mass is 252 g/mol. The van der Waals surface area contributed by atoms with Crippen LogP contribution in [0.4, 0.5) is 0 Å². The molecule has 1 unspecified atom stereocenters. The van der Waals surface area contributed by atoms with Crippen molar-refractivity contribution in [2.75, 3.05) is 20.3 Å². The van der Waals surface area contributed by atoms with Gasteiger partial charge in [-0.1, -0.05) is 0 Å². The number of methoxy groups -OCH3 is 1. The van der Waals surface area contributed by atoms with E-state index in [4.69, 9.17) is 9.47 Å². The summed E-state index contributed by atoms with van der Waals surface area (Å²) in [5.41, 5.74) is 2.16. The number of esters is 1. The molecule has 1 heterocycles. The summed E-state index contributed by atoms with van der Waals surface area (Å²) in [6.07, 6.45) is -1.30. The summed E-state index contributed by atoms with van der Waals surface area (Å²) in [6, 6.07) is 1.64. The third-order valence-corrected chi connectivity index (χ3v) is 3.15. The molecule has 0 aliphatic carbocycles. The molecule has 5 heteroatoms. The number of fused-ring (bicyclic) bond motifs is 1. The molecule has 0 fully saturated rings. The summed E-state index contributed by atoms with van der Waals surface area (Å²) in [5, 5.41) is 9.92. The van der Waals surface area contributed by atoms with Gasteiger partial charge in [0.1, 0.15) is 13.2 Å². The largest absolute Gasteiger partial charge is 0.486 e. The molecule has 1 atom stereocenters. The van der Waals surface area contributed by atoms with Crippen molar-refractivity contribution in [1.82, 2.24) is 0 Å². The molecule has 0 saturated heterocycles. The van der Waals surface area contributed by atoms with E-state index in [1.165, 1.54) is 7.11 Å². The Hall–Kier alpha value is -1.75. The Morgan fingerprint density at radius 1 is 1.33 bits per heavy atom. The number of carbonyl (C=O) groups is 1. The number of carbonyl (C=O) groups excluding carboxylic acids is 1. The van der Waals surface area contributed by atoms with Gasteiger partial charge in [-0.15, -0.1) is 0 Å². The molecule has 1 aromatic rings. The van der Waals surface area contributed by atoms with Crippen molar-refractivity contribution in [1.29, 1.82) is 0 Å². The van der Waals surface area contributed by atoms with E-state index in [9.17, 15) is 9.90 Å². The van der Waals surface area contributed by atoms with Crippen LogP contribution >= 0.6 is 0 Å². The maximum atomic E-state index is 11.4. The second-order valence-electron chi connectivity index (χ2n) is 4.17. The third kappa shape index (κ3) is 2.01. The predicted octanol–water partition coefficient (Wildman–Crippen LogP) is 1.28. The molecule has 1 aliphatic rings. The first-order valence-corrected chi connectivity index (χ1v) is 5.71. The molecular weight excluding hydrogens is 236 g/mol. The fourth-order valence-corrected chi connectivity index (χ4v) is 1.99. The molecule has 5 nitrogen and oxygen atoms in total. The van der Waals surface area contributed by atoms with Crippen molar-refractivity contribution >= 4 is 5.97 Å². The zero-order chi connectivity index (χ0) is 13.3. The van der Waals surface area contributed by atoms with Crippen LogP contribution in [0.15, 0.2) is 6.07 Å². The van der Waals surface area contributed by atoms with Gasteiger partial charge < -0.3 is 19.3 Å². The maximum Gasteiger partial charge on any atom is 0.339 e. The third-order valence-electron chi connectivity index (χ3n) is 3.15. The number of hydrogen-bond donors (Lipinski definition) is 1. The van der Waals surface area contributed by atoms with Crippen LogP contribution in [0.5, 0.6) is 11.5 Å². The van der Waals surface area contributed by atoms with Gasteiger partial charge in [0.05, 0.1) is 7.11 Å². The summed E-state index contributed by atoms with van der Waals surface area (Å²) in [6.45, 7) is 4.67. The van der Waals surface area contributed by atoms with Crippen LogP contribution in [0.25, 0.3) is 0 Å². The minimum absolute atomic E-state index is 0.462. The Morgan fingerprint density at radius 3 is 2.67 bits per heavy atom. The minimum atomic E-state index is -1.30. The molecule has 1 aromatic carbocycles. The lowest BCUT2D eigenvalue weighted by molar-refractivity contribution is -0.150. The first-order chi connectivity index (χ1) is 8.56. The van der Waals surface area contributed by atoms with Crippen LogP contribution in [0.1, 0.15) is 22.8 Å². The Balaban J connectivity index is 2.49. The lowest BCUT2D eigenvalue weighted by atomic mass is 9.97. The second-order valence-corrected chi connectivity index (χ2v) is 4.17. The molecule has 1 aliphatic heterocycles. The highest BCUT2D eigenvalue weighted by atomic mass is 16.6. The van der Waals surface area contributed by atoms with E-state index < -0.39 is 12.1 Å². The van der Waals surface area contributed by atoms with Crippen LogP contribution in [-0.2, 0) is 9.53 Å². The van der Waals surface area contributed by atoms with E-state index in [1.54, 1.807) is 6.07 Å². The van der Waals surface area contributed by atoms with Gasteiger partial charge in [0, 0.05) is 0 Å². The number of benzene rings is 1. The van der Waals surface area contributed by atoms with Gasteiger partial charge >= 0.3 is 5.97 Å². The SMILES string of the molecule is COC(=O)C(O)c1cc2c(c(C)c1C)OCCO2. The van der Waals surface area contributed by atoms with E-state index in [0.717, 1.165) is 11.1 Å². The molecule has 1 N–H and O–H groups in total. The smallest absolute Gasteiger partial charge is 0.339 e. The van der Waals surface area contributed by atoms with Crippen molar-refractivity contribution < 1.29 is 24.1 Å². The van der Waals surface area contributed by atoms with Crippen molar-refractivity contribution in [3.05, 3.63) is 22.8 Å². The van der Waals surface area contributed by atoms with Crippen molar-refractivity contribution in [3.63, 3.8) is 0 Å². The quantitative estimate of drug-likeness (QED) is 0.803. The van der Waals surface area contributed by atoms with E-state index >= 15 is 0 Å². The van der Waals surface area contributed by atoms with Crippen molar-refractivity contribution in [2.45, 2.75) is 20.0 Å². The minimum Gasteiger partial charge on any atom is -0.486 e. The highest BCUT2D eigenvalue weighted by Crippen LogP contribution is 2.39. The number of aliphatic hydroxyl groups excluding tert-OH is 1.